The number of aryl methyl sites for hydroxylation is 3. The van der Waals surface area contributed by atoms with Crippen LogP contribution in [0.15, 0.2) is 18.2 Å². The number of nitrogens with one attached hydrogen (secondary N) is 1. The van der Waals surface area contributed by atoms with Gasteiger partial charge in [-0.15, -0.1) is 5.10 Å². The number of aromatic amines is 1. The predicted octanol–water partition coefficient (Wildman–Crippen LogP) is 1.92. The van der Waals surface area contributed by atoms with Gasteiger partial charge >= 0.3 is 0 Å². The highest BCUT2D eigenvalue weighted by molar-refractivity contribution is 5.79. The predicted molar refractivity (Wildman–Crippen MR) is 91.7 cm³/mol. The first kappa shape index (κ1) is 15.7. The molecular weight excluding hydrogens is 318 g/mol. The number of tetrazole rings is 1. The molecule has 1 saturated heterocycles. The summed E-state index contributed by atoms with van der Waals surface area (Å²) in [6.45, 7) is 5.16. The molecule has 1 aliphatic heterocycles. The Balaban J connectivity index is 1.52. The fourth-order valence-corrected chi connectivity index (χ4v) is 3.50. The van der Waals surface area contributed by atoms with Crippen molar-refractivity contribution in [2.45, 2.75) is 45.7 Å². The Kier molecular flexibility index (Phi) is 3.95. The minimum atomic E-state index is 0.0225. The minimum absolute atomic E-state index is 0.0225. The molecule has 0 unspecified atom stereocenters. The van der Waals surface area contributed by atoms with Crippen LogP contribution in [0.3, 0.4) is 0 Å². The van der Waals surface area contributed by atoms with Crippen molar-refractivity contribution in [3.05, 3.63) is 35.4 Å². The van der Waals surface area contributed by atoms with E-state index >= 15 is 0 Å². The van der Waals surface area contributed by atoms with Gasteiger partial charge in [-0.2, -0.15) is 0 Å². The lowest BCUT2D eigenvalue weighted by Crippen LogP contribution is -2.31. The SMILES string of the molecule is Cc1cccc2[nH]c([C@@H]3CCCN3C(=O)CCn3nnnc3C)nc12. The van der Waals surface area contributed by atoms with Crippen LogP contribution in [-0.4, -0.2) is 47.5 Å². The van der Waals surface area contributed by atoms with Gasteiger partial charge in [0.1, 0.15) is 11.6 Å². The van der Waals surface area contributed by atoms with Crippen molar-refractivity contribution < 1.29 is 4.79 Å². The van der Waals surface area contributed by atoms with Crippen LogP contribution in [0.25, 0.3) is 11.0 Å². The summed E-state index contributed by atoms with van der Waals surface area (Å²) in [6, 6.07) is 6.12. The second-order valence-electron chi connectivity index (χ2n) is 6.54. The van der Waals surface area contributed by atoms with Crippen LogP contribution in [0.5, 0.6) is 0 Å². The number of fused-ring (bicyclic) bond motifs is 1. The number of imidazole rings is 1. The van der Waals surface area contributed by atoms with Gasteiger partial charge in [0.15, 0.2) is 0 Å². The maximum atomic E-state index is 12.7. The Morgan fingerprint density at radius 3 is 3.00 bits per heavy atom. The third-order valence-electron chi connectivity index (χ3n) is 4.87. The maximum absolute atomic E-state index is 12.7. The number of para-hydroxylation sites is 1. The van der Waals surface area contributed by atoms with Gasteiger partial charge in [-0.25, -0.2) is 9.67 Å². The first-order valence-electron chi connectivity index (χ1n) is 8.61. The Labute approximate surface area is 145 Å². The normalized spacial score (nSPS) is 17.5. The van der Waals surface area contributed by atoms with E-state index in [1.165, 1.54) is 0 Å². The van der Waals surface area contributed by atoms with Crippen LogP contribution in [0, 0.1) is 13.8 Å². The number of rotatable bonds is 4. The highest BCUT2D eigenvalue weighted by Crippen LogP contribution is 2.32. The number of carbonyl (C=O) groups excluding carboxylic acids is 1. The monoisotopic (exact) mass is 339 g/mol. The molecule has 0 bridgehead atoms. The van der Waals surface area contributed by atoms with Crippen molar-refractivity contribution in [1.82, 2.24) is 35.1 Å². The maximum Gasteiger partial charge on any atom is 0.225 e. The third-order valence-corrected chi connectivity index (χ3v) is 4.87. The number of carbonyl (C=O) groups is 1. The molecule has 3 aromatic rings. The van der Waals surface area contributed by atoms with Gasteiger partial charge in [-0.05, 0) is 48.7 Å². The molecular formula is C17H21N7O. The van der Waals surface area contributed by atoms with Crippen molar-refractivity contribution in [3.8, 4) is 0 Å². The van der Waals surface area contributed by atoms with Crippen molar-refractivity contribution in [2.24, 2.45) is 0 Å². The lowest BCUT2D eigenvalue weighted by Gasteiger charge is -2.23. The molecule has 1 aromatic carbocycles. The average Bonchev–Trinajstić information content (AvgIpc) is 3.31. The number of aromatic nitrogens is 6. The number of amides is 1. The number of hydrogen-bond acceptors (Lipinski definition) is 5. The molecule has 0 aliphatic carbocycles. The van der Waals surface area contributed by atoms with Gasteiger partial charge in [-0.1, -0.05) is 12.1 Å². The molecule has 25 heavy (non-hydrogen) atoms. The topological polar surface area (TPSA) is 92.6 Å². The van der Waals surface area contributed by atoms with Gasteiger partial charge in [-0.3, -0.25) is 4.79 Å². The summed E-state index contributed by atoms with van der Waals surface area (Å²) < 4.78 is 1.66. The molecule has 1 fully saturated rings. The minimum Gasteiger partial charge on any atom is -0.340 e. The largest absolute Gasteiger partial charge is 0.340 e. The van der Waals surface area contributed by atoms with Gasteiger partial charge in [0.2, 0.25) is 5.91 Å². The first-order valence-corrected chi connectivity index (χ1v) is 8.61. The zero-order valence-electron chi connectivity index (χ0n) is 14.4. The van der Waals surface area contributed by atoms with Crippen molar-refractivity contribution in [2.75, 3.05) is 6.54 Å². The Morgan fingerprint density at radius 2 is 2.24 bits per heavy atom. The van der Waals surface area contributed by atoms with Crippen LogP contribution >= 0.6 is 0 Å². The Morgan fingerprint density at radius 1 is 1.36 bits per heavy atom. The number of benzene rings is 1. The molecule has 1 aliphatic rings. The van der Waals surface area contributed by atoms with Gasteiger partial charge < -0.3 is 9.88 Å². The average molecular weight is 339 g/mol. The first-order chi connectivity index (χ1) is 12.1. The number of nitrogens with zero attached hydrogens (tertiary/aromatic N) is 6. The summed E-state index contributed by atoms with van der Waals surface area (Å²) in [5.74, 6) is 1.72. The highest BCUT2D eigenvalue weighted by atomic mass is 16.2. The molecule has 1 atom stereocenters. The highest BCUT2D eigenvalue weighted by Gasteiger charge is 2.32. The third kappa shape index (κ3) is 2.88. The molecule has 8 nitrogen and oxygen atoms in total. The van der Waals surface area contributed by atoms with Crippen molar-refractivity contribution in [1.29, 1.82) is 0 Å². The van der Waals surface area contributed by atoms with Crippen LogP contribution < -0.4 is 0 Å². The molecule has 2 aromatic heterocycles. The summed E-state index contributed by atoms with van der Waals surface area (Å²) in [6.07, 6.45) is 2.33. The van der Waals surface area contributed by atoms with E-state index in [0.717, 1.165) is 47.6 Å². The summed E-state index contributed by atoms with van der Waals surface area (Å²) >= 11 is 0. The van der Waals surface area contributed by atoms with Gasteiger partial charge in [0, 0.05) is 13.0 Å². The molecule has 3 heterocycles. The molecule has 0 spiro atoms. The van der Waals surface area contributed by atoms with E-state index in [-0.39, 0.29) is 11.9 Å². The Bertz CT molecular complexity index is 913. The van der Waals surface area contributed by atoms with E-state index in [0.29, 0.717) is 13.0 Å². The molecule has 8 heteroatoms. The molecule has 1 amide bonds. The summed E-state index contributed by atoms with van der Waals surface area (Å²) in [5, 5.41) is 11.4. The smallest absolute Gasteiger partial charge is 0.225 e. The van der Waals surface area contributed by atoms with Crippen molar-refractivity contribution in [3.63, 3.8) is 0 Å². The lowest BCUT2D eigenvalue weighted by molar-refractivity contribution is -0.132. The van der Waals surface area contributed by atoms with Gasteiger partial charge in [0.25, 0.3) is 0 Å². The van der Waals surface area contributed by atoms with E-state index in [2.05, 4.69) is 33.5 Å². The number of hydrogen-bond donors (Lipinski definition) is 1. The summed E-state index contributed by atoms with van der Waals surface area (Å²) in [5.41, 5.74) is 3.16. The fraction of sp³-hybridized carbons (Fsp3) is 0.471. The standard InChI is InChI=1S/C17H21N7O/c1-11-5-3-6-13-16(11)19-17(18-13)14-7-4-9-23(14)15(25)8-10-24-12(2)20-21-22-24/h3,5-6,14H,4,7-10H2,1-2H3,(H,18,19)/t14-/m0/s1. The van der Waals surface area contributed by atoms with Crippen LogP contribution in [0.4, 0.5) is 0 Å². The molecule has 1 N–H and O–H groups in total. The lowest BCUT2D eigenvalue weighted by atomic mass is 10.2. The second-order valence-corrected chi connectivity index (χ2v) is 6.54. The van der Waals surface area contributed by atoms with Crippen LogP contribution in [-0.2, 0) is 11.3 Å². The van der Waals surface area contributed by atoms with E-state index in [1.54, 1.807) is 4.68 Å². The Hall–Kier alpha value is -2.77. The van der Waals surface area contributed by atoms with E-state index < -0.39 is 0 Å². The van der Waals surface area contributed by atoms with Crippen molar-refractivity contribution >= 4 is 16.9 Å². The van der Waals surface area contributed by atoms with E-state index in [9.17, 15) is 4.79 Å². The van der Waals surface area contributed by atoms with Gasteiger partial charge in [0.05, 0.1) is 23.6 Å². The zero-order chi connectivity index (χ0) is 17.4. The van der Waals surface area contributed by atoms with E-state index in [4.69, 9.17) is 4.98 Å². The molecule has 0 radical (unpaired) electrons. The number of likely N-dealkylation sites (tertiary alicyclic amines) is 1. The molecule has 130 valence electrons. The quantitative estimate of drug-likeness (QED) is 0.784. The zero-order valence-corrected chi connectivity index (χ0v) is 14.4. The fourth-order valence-electron chi connectivity index (χ4n) is 3.50. The van der Waals surface area contributed by atoms with Crippen LogP contribution in [0.2, 0.25) is 0 Å². The molecule has 0 saturated carbocycles. The van der Waals surface area contributed by atoms with E-state index in [1.807, 2.05) is 24.0 Å². The molecule has 4 rings (SSSR count). The second kappa shape index (κ2) is 6.27. The number of H-pyrrole nitrogens is 1. The summed E-state index contributed by atoms with van der Waals surface area (Å²) in [4.78, 5) is 22.8. The summed E-state index contributed by atoms with van der Waals surface area (Å²) in [7, 11) is 0. The van der Waals surface area contributed by atoms with Crippen LogP contribution in [0.1, 0.15) is 42.5 Å².